The van der Waals surface area contributed by atoms with E-state index in [1.165, 1.54) is 5.56 Å². The molecule has 4 aromatic heterocycles. The van der Waals surface area contributed by atoms with E-state index >= 15 is 0 Å². The number of hydrogen-bond donors (Lipinski definition) is 3. The molecule has 0 saturated carbocycles. The number of anilines is 1. The number of nitrogens with one attached hydrogen (secondary N) is 3. The van der Waals surface area contributed by atoms with Gasteiger partial charge in [0.25, 0.3) is 0 Å². The van der Waals surface area contributed by atoms with Crippen LogP contribution in [0.2, 0.25) is 0 Å². The van der Waals surface area contributed by atoms with Crippen molar-refractivity contribution in [3.8, 4) is 33.9 Å². The fourth-order valence-electron chi connectivity index (χ4n) is 4.51. The first-order chi connectivity index (χ1) is 18.1. The monoisotopic (exact) mass is 487 g/mol. The predicted molar refractivity (Wildman–Crippen MR) is 146 cm³/mol. The van der Waals surface area contributed by atoms with Gasteiger partial charge in [0.15, 0.2) is 11.5 Å². The van der Waals surface area contributed by atoms with Gasteiger partial charge >= 0.3 is 0 Å². The third kappa shape index (κ3) is 4.33. The number of aromatic amines is 2. The van der Waals surface area contributed by atoms with Gasteiger partial charge in [0.1, 0.15) is 5.52 Å². The number of benzene rings is 2. The van der Waals surface area contributed by atoms with Gasteiger partial charge in [-0.25, -0.2) is 9.97 Å². The van der Waals surface area contributed by atoms with E-state index < -0.39 is 0 Å². The smallest absolute Gasteiger partial charge is 0.224 e. The summed E-state index contributed by atoms with van der Waals surface area (Å²) in [5.74, 6) is 0.613. The number of H-pyrrole nitrogens is 2. The van der Waals surface area contributed by atoms with Crippen LogP contribution in [0.25, 0.3) is 56.0 Å². The molecule has 0 spiro atoms. The largest absolute Gasteiger partial charge is 0.336 e. The molecule has 182 valence electrons. The Morgan fingerprint density at radius 3 is 2.68 bits per heavy atom. The summed E-state index contributed by atoms with van der Waals surface area (Å²) in [6.45, 7) is 4.06. The second kappa shape index (κ2) is 9.31. The minimum Gasteiger partial charge on any atom is -0.336 e. The van der Waals surface area contributed by atoms with E-state index in [-0.39, 0.29) is 5.91 Å². The molecule has 0 saturated heterocycles. The number of carbonyl (C=O) groups excluding carboxylic acids is 1. The van der Waals surface area contributed by atoms with E-state index in [9.17, 15) is 4.79 Å². The Kier molecular flexibility index (Phi) is 5.69. The fourth-order valence-corrected chi connectivity index (χ4v) is 4.51. The van der Waals surface area contributed by atoms with E-state index in [0.29, 0.717) is 29.1 Å². The number of aromatic nitrogens is 6. The van der Waals surface area contributed by atoms with Crippen molar-refractivity contribution in [1.29, 1.82) is 0 Å². The van der Waals surface area contributed by atoms with Crippen molar-refractivity contribution in [1.82, 2.24) is 30.1 Å². The summed E-state index contributed by atoms with van der Waals surface area (Å²) in [6, 6.07) is 20.3. The second-order valence-electron chi connectivity index (χ2n) is 9.08. The van der Waals surface area contributed by atoms with E-state index in [0.717, 1.165) is 45.4 Å². The quantitative estimate of drug-likeness (QED) is 0.256. The number of amides is 1. The summed E-state index contributed by atoms with van der Waals surface area (Å²) in [6.07, 6.45) is 4.63. The number of fused-ring (bicyclic) bond motifs is 2. The van der Waals surface area contributed by atoms with Gasteiger partial charge in [0.05, 0.1) is 34.1 Å². The molecular formula is C29H25N7O. The standard InChI is InChI=1S/C29H25N7O/c1-3-6-25(37)31-20-14-19(15-30-16-20)22-11-12-24-27(32-22)28(36-35-24)29-33-23-10-5-9-21(26(23)34-29)18-8-4-7-17(2)13-18/h4-5,7-16H,3,6H2,1-2H3,(H,31,37)(H,33,34)(H,35,36). The van der Waals surface area contributed by atoms with Crippen molar-refractivity contribution in [2.75, 3.05) is 5.32 Å². The van der Waals surface area contributed by atoms with Gasteiger partial charge in [-0.3, -0.25) is 14.9 Å². The van der Waals surface area contributed by atoms with E-state index in [1.54, 1.807) is 12.4 Å². The molecule has 0 bridgehead atoms. The van der Waals surface area contributed by atoms with Crippen LogP contribution in [0.15, 0.2) is 73.1 Å². The summed E-state index contributed by atoms with van der Waals surface area (Å²) < 4.78 is 0. The molecule has 4 heterocycles. The molecular weight excluding hydrogens is 462 g/mol. The number of nitrogens with zero attached hydrogens (tertiary/aromatic N) is 4. The molecule has 1 amide bonds. The third-order valence-corrected chi connectivity index (χ3v) is 6.27. The number of aryl methyl sites for hydroxylation is 1. The third-order valence-electron chi connectivity index (χ3n) is 6.27. The molecule has 8 nitrogen and oxygen atoms in total. The highest BCUT2D eigenvalue weighted by Crippen LogP contribution is 2.32. The number of carbonyl (C=O) groups is 1. The van der Waals surface area contributed by atoms with Gasteiger partial charge in [0.2, 0.25) is 5.91 Å². The van der Waals surface area contributed by atoms with Crippen molar-refractivity contribution in [2.24, 2.45) is 0 Å². The number of imidazole rings is 1. The Labute approximate surface area is 213 Å². The number of rotatable bonds is 6. The van der Waals surface area contributed by atoms with Gasteiger partial charge in [0, 0.05) is 23.7 Å². The summed E-state index contributed by atoms with van der Waals surface area (Å²) in [7, 11) is 0. The Morgan fingerprint density at radius 1 is 0.919 bits per heavy atom. The number of hydrogen-bond acceptors (Lipinski definition) is 5. The zero-order valence-corrected chi connectivity index (χ0v) is 20.5. The van der Waals surface area contributed by atoms with E-state index in [2.05, 4.69) is 62.7 Å². The lowest BCUT2D eigenvalue weighted by atomic mass is 10.0. The lowest BCUT2D eigenvalue weighted by molar-refractivity contribution is -0.116. The Balaban J connectivity index is 1.40. The summed E-state index contributed by atoms with van der Waals surface area (Å²) in [5.41, 5.74) is 9.52. The lowest BCUT2D eigenvalue weighted by Gasteiger charge is -2.06. The maximum Gasteiger partial charge on any atom is 0.224 e. The SMILES string of the molecule is CCCC(=O)Nc1cncc(-c2ccc3[nH]nc(-c4nc5c(-c6cccc(C)c6)cccc5[nH]4)c3n2)c1. The molecule has 0 atom stereocenters. The van der Waals surface area contributed by atoms with Crippen molar-refractivity contribution in [2.45, 2.75) is 26.7 Å². The summed E-state index contributed by atoms with van der Waals surface area (Å²) >= 11 is 0. The molecule has 6 rings (SSSR count). The van der Waals surface area contributed by atoms with Crippen LogP contribution in [-0.2, 0) is 4.79 Å². The van der Waals surface area contributed by atoms with Crippen LogP contribution in [0.3, 0.4) is 0 Å². The lowest BCUT2D eigenvalue weighted by Crippen LogP contribution is -2.10. The van der Waals surface area contributed by atoms with Crippen LogP contribution in [-0.4, -0.2) is 36.0 Å². The summed E-state index contributed by atoms with van der Waals surface area (Å²) in [5, 5.41) is 10.5. The highest BCUT2D eigenvalue weighted by molar-refractivity contribution is 5.96. The zero-order chi connectivity index (χ0) is 25.4. The molecule has 37 heavy (non-hydrogen) atoms. The molecule has 6 aromatic rings. The maximum absolute atomic E-state index is 12.0. The minimum absolute atomic E-state index is 0.0306. The predicted octanol–water partition coefficient (Wildman–Crippen LogP) is 6.28. The Hall–Kier alpha value is -4.85. The van der Waals surface area contributed by atoms with Gasteiger partial charge in [-0.05, 0) is 43.2 Å². The summed E-state index contributed by atoms with van der Waals surface area (Å²) in [4.78, 5) is 29.6. The molecule has 0 aliphatic carbocycles. The average molecular weight is 488 g/mol. The van der Waals surface area contributed by atoms with Crippen molar-refractivity contribution in [3.05, 3.63) is 78.6 Å². The first kappa shape index (κ1) is 22.6. The van der Waals surface area contributed by atoms with Crippen molar-refractivity contribution >= 4 is 33.7 Å². The van der Waals surface area contributed by atoms with Gasteiger partial charge < -0.3 is 10.3 Å². The van der Waals surface area contributed by atoms with Crippen molar-refractivity contribution < 1.29 is 4.79 Å². The Morgan fingerprint density at radius 2 is 1.81 bits per heavy atom. The van der Waals surface area contributed by atoms with Gasteiger partial charge in [-0.15, -0.1) is 0 Å². The van der Waals surface area contributed by atoms with Crippen LogP contribution in [0.5, 0.6) is 0 Å². The molecule has 0 fully saturated rings. The topological polar surface area (TPSA) is 112 Å². The average Bonchev–Trinajstić information content (AvgIpc) is 3.52. The zero-order valence-electron chi connectivity index (χ0n) is 20.5. The maximum atomic E-state index is 12.0. The van der Waals surface area contributed by atoms with E-state index in [4.69, 9.17) is 9.97 Å². The van der Waals surface area contributed by atoms with Crippen molar-refractivity contribution in [3.63, 3.8) is 0 Å². The minimum atomic E-state index is -0.0306. The Bertz CT molecular complexity index is 1770. The first-order valence-electron chi connectivity index (χ1n) is 12.3. The molecule has 0 aliphatic heterocycles. The first-order valence-corrected chi connectivity index (χ1v) is 12.3. The van der Waals surface area contributed by atoms with E-state index in [1.807, 2.05) is 37.3 Å². The van der Waals surface area contributed by atoms with Gasteiger partial charge in [-0.1, -0.05) is 48.9 Å². The second-order valence-corrected chi connectivity index (χ2v) is 9.08. The molecule has 0 aliphatic rings. The highest BCUT2D eigenvalue weighted by Gasteiger charge is 2.17. The fraction of sp³-hybridized carbons (Fsp3) is 0.138. The normalized spacial score (nSPS) is 11.3. The molecule has 8 heteroatoms. The highest BCUT2D eigenvalue weighted by atomic mass is 16.1. The van der Waals surface area contributed by atoms with Crippen LogP contribution in [0, 0.1) is 6.92 Å². The molecule has 3 N–H and O–H groups in total. The van der Waals surface area contributed by atoms with Gasteiger partial charge in [-0.2, -0.15) is 5.10 Å². The number of para-hydroxylation sites is 1. The van der Waals surface area contributed by atoms with Crippen LogP contribution in [0.1, 0.15) is 25.3 Å². The molecule has 0 unspecified atom stereocenters. The molecule has 0 radical (unpaired) electrons. The molecule has 2 aromatic carbocycles. The van der Waals surface area contributed by atoms with Crippen LogP contribution >= 0.6 is 0 Å². The van der Waals surface area contributed by atoms with Crippen LogP contribution in [0.4, 0.5) is 5.69 Å². The van der Waals surface area contributed by atoms with Crippen LogP contribution < -0.4 is 5.32 Å². The number of pyridine rings is 2.